The highest BCUT2D eigenvalue weighted by atomic mass is 32.1. The predicted octanol–water partition coefficient (Wildman–Crippen LogP) is 6.82. The second-order valence-electron chi connectivity index (χ2n) is 8.23. The Bertz CT molecular complexity index is 1190. The molecule has 0 amide bonds. The number of hydrogen-bond acceptors (Lipinski definition) is 1. The van der Waals surface area contributed by atoms with Gasteiger partial charge in [-0.05, 0) is 31.0 Å². The molecule has 0 saturated carbocycles. The Morgan fingerprint density at radius 1 is 0.852 bits per heavy atom. The summed E-state index contributed by atoms with van der Waals surface area (Å²) in [6, 6.07) is 20.3. The molecule has 2 heteroatoms. The van der Waals surface area contributed by atoms with Gasteiger partial charge in [0, 0.05) is 34.9 Å². The van der Waals surface area contributed by atoms with E-state index < -0.39 is 0 Å². The van der Waals surface area contributed by atoms with Crippen LogP contribution in [0.5, 0.6) is 0 Å². The first-order valence-corrected chi connectivity index (χ1v) is 10.8. The highest BCUT2D eigenvalue weighted by Crippen LogP contribution is 2.51. The molecule has 4 aromatic rings. The molecule has 0 fully saturated rings. The topological polar surface area (TPSA) is 3.88 Å². The van der Waals surface area contributed by atoms with Gasteiger partial charge in [-0.2, -0.15) is 4.57 Å². The van der Waals surface area contributed by atoms with E-state index in [2.05, 4.69) is 93.1 Å². The van der Waals surface area contributed by atoms with E-state index in [1.165, 1.54) is 37.0 Å². The summed E-state index contributed by atoms with van der Waals surface area (Å²) >= 11 is 1.94. The standard InChI is InChI=1S/C25H26NS/c1-5-24(3)20-13-9-7-12-19(20)22-23-18(15-16-26(22)25(24,4)6-2)17-11-8-10-14-21(17)27-23/h7-16H,5-6H2,1-4H3/q+1. The van der Waals surface area contributed by atoms with E-state index in [-0.39, 0.29) is 11.0 Å². The van der Waals surface area contributed by atoms with E-state index >= 15 is 0 Å². The first kappa shape index (κ1) is 16.9. The summed E-state index contributed by atoms with van der Waals surface area (Å²) in [6.45, 7) is 9.59. The van der Waals surface area contributed by atoms with Gasteiger partial charge in [-0.15, -0.1) is 11.3 Å². The van der Waals surface area contributed by atoms with Gasteiger partial charge in [-0.3, -0.25) is 0 Å². The number of thiophene rings is 1. The summed E-state index contributed by atoms with van der Waals surface area (Å²) in [4.78, 5) is 0. The van der Waals surface area contributed by atoms with Crippen molar-refractivity contribution in [1.82, 2.24) is 0 Å². The first-order valence-electron chi connectivity index (χ1n) is 10.0. The molecule has 2 unspecified atom stereocenters. The number of hydrogen-bond donors (Lipinski definition) is 0. The summed E-state index contributed by atoms with van der Waals surface area (Å²) in [5.74, 6) is 0. The largest absolute Gasteiger partial charge is 0.231 e. The predicted molar refractivity (Wildman–Crippen MR) is 117 cm³/mol. The first-order chi connectivity index (χ1) is 13.0. The molecule has 0 bridgehead atoms. The normalized spacial score (nSPS) is 24.1. The van der Waals surface area contributed by atoms with Crippen molar-refractivity contribution in [2.75, 3.05) is 0 Å². The molecular formula is C25H26NS+. The third-order valence-corrected chi connectivity index (χ3v) is 8.57. The van der Waals surface area contributed by atoms with Gasteiger partial charge in [-0.25, -0.2) is 0 Å². The third-order valence-electron chi connectivity index (χ3n) is 7.37. The van der Waals surface area contributed by atoms with Crippen molar-refractivity contribution in [2.45, 2.75) is 51.5 Å². The van der Waals surface area contributed by atoms with Gasteiger partial charge in [0.05, 0.1) is 11.0 Å². The van der Waals surface area contributed by atoms with Crippen molar-refractivity contribution < 1.29 is 4.57 Å². The van der Waals surface area contributed by atoms with Crippen LogP contribution in [0.25, 0.3) is 31.4 Å². The van der Waals surface area contributed by atoms with Crippen LogP contribution in [0.2, 0.25) is 0 Å². The zero-order valence-electron chi connectivity index (χ0n) is 16.5. The van der Waals surface area contributed by atoms with Gasteiger partial charge in [0.15, 0.2) is 11.7 Å². The molecular weight excluding hydrogens is 346 g/mol. The summed E-state index contributed by atoms with van der Waals surface area (Å²) in [7, 11) is 0. The number of benzene rings is 2. The van der Waals surface area contributed by atoms with Crippen molar-refractivity contribution in [1.29, 1.82) is 0 Å². The van der Waals surface area contributed by atoms with Crippen LogP contribution in [0, 0.1) is 0 Å². The fourth-order valence-electron chi connectivity index (χ4n) is 5.26. The Hall–Kier alpha value is -2.19. The Kier molecular flexibility index (Phi) is 3.55. The molecule has 0 aliphatic carbocycles. The number of aromatic nitrogens is 1. The lowest BCUT2D eigenvalue weighted by atomic mass is 9.60. The molecule has 2 atom stereocenters. The second kappa shape index (κ2) is 5.65. The quantitative estimate of drug-likeness (QED) is 0.340. The van der Waals surface area contributed by atoms with Gasteiger partial charge < -0.3 is 0 Å². The number of rotatable bonds is 2. The minimum Gasteiger partial charge on any atom is -0.191 e. The lowest BCUT2D eigenvalue weighted by Gasteiger charge is -2.46. The van der Waals surface area contributed by atoms with Crippen LogP contribution < -0.4 is 4.57 Å². The van der Waals surface area contributed by atoms with Crippen molar-refractivity contribution >= 4 is 31.5 Å². The summed E-state index contributed by atoms with van der Waals surface area (Å²) in [6.07, 6.45) is 4.59. The average molecular weight is 373 g/mol. The van der Waals surface area contributed by atoms with E-state index in [1.54, 1.807) is 0 Å². The van der Waals surface area contributed by atoms with Crippen LogP contribution in [0.3, 0.4) is 0 Å². The van der Waals surface area contributed by atoms with E-state index in [9.17, 15) is 0 Å². The molecule has 5 rings (SSSR count). The van der Waals surface area contributed by atoms with Crippen LogP contribution in [0.4, 0.5) is 0 Å². The smallest absolute Gasteiger partial charge is 0.191 e. The lowest BCUT2D eigenvalue weighted by molar-refractivity contribution is -0.764. The molecule has 1 nitrogen and oxygen atoms in total. The van der Waals surface area contributed by atoms with Crippen LogP contribution in [0.15, 0.2) is 60.8 Å². The molecule has 0 saturated heterocycles. The van der Waals surface area contributed by atoms with Gasteiger partial charge in [0.2, 0.25) is 5.69 Å². The Morgan fingerprint density at radius 3 is 2.37 bits per heavy atom. The minimum absolute atomic E-state index is 0.0514. The van der Waals surface area contributed by atoms with Crippen LogP contribution >= 0.6 is 11.3 Å². The van der Waals surface area contributed by atoms with E-state index in [0.29, 0.717) is 0 Å². The third kappa shape index (κ3) is 1.97. The molecule has 1 aliphatic rings. The summed E-state index contributed by atoms with van der Waals surface area (Å²) in [5, 5.41) is 2.76. The monoisotopic (exact) mass is 372 g/mol. The minimum atomic E-state index is 0.0514. The van der Waals surface area contributed by atoms with Gasteiger partial charge >= 0.3 is 0 Å². The van der Waals surface area contributed by atoms with Crippen LogP contribution in [0.1, 0.15) is 46.1 Å². The maximum absolute atomic E-state index is 2.59. The lowest BCUT2D eigenvalue weighted by Crippen LogP contribution is -2.67. The van der Waals surface area contributed by atoms with Crippen molar-refractivity contribution in [2.24, 2.45) is 0 Å². The van der Waals surface area contributed by atoms with Crippen molar-refractivity contribution in [3.05, 3.63) is 66.4 Å². The van der Waals surface area contributed by atoms with E-state index in [4.69, 9.17) is 0 Å². The highest BCUT2D eigenvalue weighted by Gasteiger charge is 2.56. The van der Waals surface area contributed by atoms with Gasteiger partial charge in [0.25, 0.3) is 0 Å². The average Bonchev–Trinajstić information content (AvgIpc) is 3.10. The molecule has 0 radical (unpaired) electrons. The molecule has 0 N–H and O–H groups in total. The molecule has 2 aromatic carbocycles. The molecule has 0 spiro atoms. The molecule has 136 valence electrons. The molecule has 3 heterocycles. The highest BCUT2D eigenvalue weighted by molar-refractivity contribution is 7.26. The Balaban J connectivity index is 1.99. The molecule has 27 heavy (non-hydrogen) atoms. The van der Waals surface area contributed by atoms with E-state index in [1.807, 2.05) is 11.3 Å². The summed E-state index contributed by atoms with van der Waals surface area (Å²) < 4.78 is 5.39. The zero-order valence-corrected chi connectivity index (χ0v) is 17.4. The van der Waals surface area contributed by atoms with Gasteiger partial charge in [0.1, 0.15) is 4.70 Å². The zero-order chi connectivity index (χ0) is 18.8. The SMILES string of the molecule is CCC1(C)c2ccccc2-c2c3sc4ccccc4c3cc[n+]2C1(C)CC. The Labute approximate surface area is 165 Å². The fraction of sp³-hybridized carbons (Fsp3) is 0.320. The van der Waals surface area contributed by atoms with Crippen molar-refractivity contribution in [3.8, 4) is 11.3 Å². The summed E-state index contributed by atoms with van der Waals surface area (Å²) in [5.41, 5.74) is 4.47. The number of pyridine rings is 1. The number of nitrogens with zero attached hydrogens (tertiary/aromatic N) is 1. The Morgan fingerprint density at radius 2 is 1.59 bits per heavy atom. The van der Waals surface area contributed by atoms with Crippen LogP contribution in [-0.4, -0.2) is 0 Å². The number of fused-ring (bicyclic) bond motifs is 7. The molecule has 2 aromatic heterocycles. The van der Waals surface area contributed by atoms with Crippen molar-refractivity contribution in [3.63, 3.8) is 0 Å². The van der Waals surface area contributed by atoms with Crippen LogP contribution in [-0.2, 0) is 11.0 Å². The molecule has 1 aliphatic heterocycles. The van der Waals surface area contributed by atoms with Gasteiger partial charge in [-0.1, -0.05) is 50.2 Å². The maximum atomic E-state index is 2.59. The van der Waals surface area contributed by atoms with E-state index in [0.717, 1.165) is 12.8 Å². The maximum Gasteiger partial charge on any atom is 0.231 e. The fourth-order valence-corrected chi connectivity index (χ4v) is 6.51. The second-order valence-corrected chi connectivity index (χ2v) is 9.29.